The van der Waals surface area contributed by atoms with E-state index in [1.807, 2.05) is 0 Å². The second-order valence-corrected chi connectivity index (χ2v) is 5.49. The van der Waals surface area contributed by atoms with Gasteiger partial charge in [-0.3, -0.25) is 4.79 Å². The van der Waals surface area contributed by atoms with Crippen molar-refractivity contribution in [2.75, 3.05) is 0 Å². The molecule has 2 aromatic heterocycles. The molecule has 0 aliphatic carbocycles. The number of hydrogen-bond acceptors (Lipinski definition) is 5. The van der Waals surface area contributed by atoms with E-state index in [4.69, 9.17) is 16.1 Å². The first-order valence-electron chi connectivity index (χ1n) is 6.87. The first-order chi connectivity index (χ1) is 11.0. The highest BCUT2D eigenvalue weighted by molar-refractivity contribution is 6.30. The Balaban J connectivity index is 1.92. The van der Waals surface area contributed by atoms with Gasteiger partial charge in [0, 0.05) is 25.2 Å². The fraction of sp³-hybridized carbons (Fsp3) is 0.200. The monoisotopic (exact) mass is 331 g/mol. The Labute approximate surface area is 137 Å². The molecule has 0 bridgehead atoms. The summed E-state index contributed by atoms with van der Waals surface area (Å²) in [5.41, 5.74) is 1.10. The number of amides is 1. The van der Waals surface area contributed by atoms with Crippen LogP contribution < -0.4 is 5.32 Å². The molecule has 118 valence electrons. The predicted octanol–water partition coefficient (Wildman–Crippen LogP) is 2.28. The van der Waals surface area contributed by atoms with Crippen LogP contribution in [0.5, 0.6) is 0 Å². The largest absolute Gasteiger partial charge is 0.340 e. The minimum atomic E-state index is -0.556. The molecule has 0 aliphatic rings. The highest BCUT2D eigenvalue weighted by Crippen LogP contribution is 2.22. The van der Waals surface area contributed by atoms with Gasteiger partial charge in [0.05, 0.1) is 6.33 Å². The molecule has 0 radical (unpaired) electrons. The zero-order valence-corrected chi connectivity index (χ0v) is 13.3. The molecule has 1 aromatic carbocycles. The number of imidazole rings is 1. The van der Waals surface area contributed by atoms with Gasteiger partial charge in [-0.25, -0.2) is 4.98 Å². The lowest BCUT2D eigenvalue weighted by atomic mass is 10.1. The third kappa shape index (κ3) is 3.40. The summed E-state index contributed by atoms with van der Waals surface area (Å²) < 4.78 is 6.72. The minimum absolute atomic E-state index is 0.312. The molecule has 3 aromatic rings. The van der Waals surface area contributed by atoms with Crippen LogP contribution in [0.1, 0.15) is 33.8 Å². The summed E-state index contributed by atoms with van der Waals surface area (Å²) in [7, 11) is 1.79. The normalized spacial score (nSPS) is 12.1. The van der Waals surface area contributed by atoms with E-state index in [0.717, 1.165) is 5.56 Å². The van der Waals surface area contributed by atoms with Gasteiger partial charge in [-0.15, -0.1) is 0 Å². The summed E-state index contributed by atoms with van der Waals surface area (Å²) in [5.74, 6) is 0.466. The summed E-state index contributed by atoms with van der Waals surface area (Å²) in [5, 5.41) is 7.38. The molecule has 0 unspecified atom stereocenters. The minimum Gasteiger partial charge on any atom is -0.340 e. The molecule has 1 amide bonds. The van der Waals surface area contributed by atoms with Crippen LogP contribution in [-0.4, -0.2) is 25.6 Å². The number of benzene rings is 1. The van der Waals surface area contributed by atoms with E-state index in [-0.39, 0.29) is 5.91 Å². The van der Waals surface area contributed by atoms with E-state index >= 15 is 0 Å². The van der Waals surface area contributed by atoms with Crippen molar-refractivity contribution < 1.29 is 9.32 Å². The highest BCUT2D eigenvalue weighted by Gasteiger charge is 2.23. The lowest BCUT2D eigenvalue weighted by molar-refractivity contribution is 0.0936. The number of aromatic nitrogens is 4. The Morgan fingerprint density at radius 2 is 2.09 bits per heavy atom. The van der Waals surface area contributed by atoms with Crippen molar-refractivity contribution in [1.82, 2.24) is 25.0 Å². The van der Waals surface area contributed by atoms with Crippen molar-refractivity contribution in [1.29, 1.82) is 0 Å². The van der Waals surface area contributed by atoms with Crippen LogP contribution in [0.15, 0.2) is 41.3 Å². The van der Waals surface area contributed by atoms with Crippen LogP contribution in [0.2, 0.25) is 5.02 Å². The van der Waals surface area contributed by atoms with Crippen molar-refractivity contribution in [2.24, 2.45) is 7.05 Å². The van der Waals surface area contributed by atoms with Crippen molar-refractivity contribution >= 4 is 17.5 Å². The Kier molecular flexibility index (Phi) is 4.12. The van der Waals surface area contributed by atoms with Crippen LogP contribution in [-0.2, 0) is 7.05 Å². The molecule has 7 nitrogen and oxygen atoms in total. The van der Waals surface area contributed by atoms with Gasteiger partial charge in [-0.05, 0) is 17.7 Å². The van der Waals surface area contributed by atoms with Crippen LogP contribution in [0.3, 0.4) is 0 Å². The van der Waals surface area contributed by atoms with Crippen molar-refractivity contribution in [2.45, 2.75) is 13.0 Å². The highest BCUT2D eigenvalue weighted by atomic mass is 35.5. The van der Waals surface area contributed by atoms with Crippen molar-refractivity contribution in [3.05, 3.63) is 64.8 Å². The maximum atomic E-state index is 12.4. The number of carbonyl (C=O) groups is 1. The van der Waals surface area contributed by atoms with Crippen molar-refractivity contribution in [3.63, 3.8) is 0 Å². The first kappa shape index (κ1) is 15.2. The molecular formula is C15H14ClN5O2. The third-order valence-electron chi connectivity index (χ3n) is 3.22. The van der Waals surface area contributed by atoms with Crippen molar-refractivity contribution in [3.8, 4) is 0 Å². The zero-order chi connectivity index (χ0) is 16.4. The maximum absolute atomic E-state index is 12.4. The molecule has 0 spiro atoms. The van der Waals surface area contributed by atoms with Gasteiger partial charge >= 0.3 is 0 Å². The number of aryl methyl sites for hydroxylation is 2. The van der Waals surface area contributed by atoms with Crippen LogP contribution in [0.25, 0.3) is 0 Å². The SMILES string of the molecule is Cc1nc([C@H](NC(=O)c2cn(C)cn2)c2ccc(Cl)cc2)no1. The molecule has 1 N–H and O–H groups in total. The Morgan fingerprint density at radius 3 is 2.65 bits per heavy atom. The molecule has 0 aliphatic heterocycles. The fourth-order valence-electron chi connectivity index (χ4n) is 2.12. The van der Waals surface area contributed by atoms with Gasteiger partial charge in [0.1, 0.15) is 11.7 Å². The molecule has 3 rings (SSSR count). The van der Waals surface area contributed by atoms with E-state index in [2.05, 4.69) is 20.4 Å². The van der Waals surface area contributed by atoms with E-state index in [1.54, 1.807) is 55.3 Å². The topological polar surface area (TPSA) is 85.8 Å². The molecule has 8 heteroatoms. The van der Waals surface area contributed by atoms with Gasteiger partial charge < -0.3 is 14.4 Å². The molecule has 1 atom stereocenters. The van der Waals surface area contributed by atoms with Gasteiger partial charge in [0.25, 0.3) is 5.91 Å². The quantitative estimate of drug-likeness (QED) is 0.792. The summed E-state index contributed by atoms with van der Waals surface area (Å²) in [6.07, 6.45) is 3.19. The lowest BCUT2D eigenvalue weighted by Crippen LogP contribution is -2.30. The fourth-order valence-corrected chi connectivity index (χ4v) is 2.25. The predicted molar refractivity (Wildman–Crippen MR) is 83.0 cm³/mol. The molecule has 0 saturated carbocycles. The standard InChI is InChI=1S/C15H14ClN5O2/c1-9-18-14(20-23-9)13(10-3-5-11(16)6-4-10)19-15(22)12-7-21(2)8-17-12/h3-8,13H,1-2H3,(H,19,22)/t13-/m1/s1. The maximum Gasteiger partial charge on any atom is 0.272 e. The van der Waals surface area contributed by atoms with E-state index < -0.39 is 6.04 Å². The summed E-state index contributed by atoms with van der Waals surface area (Å²) in [6, 6.07) is 6.53. The number of carbonyl (C=O) groups excluding carboxylic acids is 1. The number of nitrogens with one attached hydrogen (secondary N) is 1. The number of rotatable bonds is 4. The summed E-state index contributed by atoms with van der Waals surface area (Å²) in [4.78, 5) is 20.6. The van der Waals surface area contributed by atoms with Gasteiger partial charge in [-0.2, -0.15) is 4.98 Å². The van der Waals surface area contributed by atoms with E-state index in [9.17, 15) is 4.79 Å². The molecule has 0 saturated heterocycles. The number of hydrogen-bond donors (Lipinski definition) is 1. The van der Waals surface area contributed by atoms with Crippen LogP contribution >= 0.6 is 11.6 Å². The second kappa shape index (κ2) is 6.21. The van der Waals surface area contributed by atoms with Gasteiger partial charge in [-0.1, -0.05) is 28.9 Å². The number of halogens is 1. The first-order valence-corrected chi connectivity index (χ1v) is 7.25. The van der Waals surface area contributed by atoms with Crippen LogP contribution in [0.4, 0.5) is 0 Å². The Morgan fingerprint density at radius 1 is 1.35 bits per heavy atom. The molecular weight excluding hydrogens is 318 g/mol. The van der Waals surface area contributed by atoms with Gasteiger partial charge in [0.2, 0.25) is 5.89 Å². The average Bonchev–Trinajstić information content (AvgIpc) is 3.14. The zero-order valence-electron chi connectivity index (χ0n) is 12.5. The molecule has 0 fully saturated rings. The van der Waals surface area contributed by atoms with Crippen LogP contribution in [0, 0.1) is 6.92 Å². The summed E-state index contributed by atoms with van der Waals surface area (Å²) >= 11 is 5.92. The van der Waals surface area contributed by atoms with E-state index in [1.165, 1.54) is 0 Å². The smallest absolute Gasteiger partial charge is 0.272 e. The Hall–Kier alpha value is -2.67. The number of nitrogens with zero attached hydrogens (tertiary/aromatic N) is 4. The van der Waals surface area contributed by atoms with E-state index in [0.29, 0.717) is 22.4 Å². The molecule has 23 heavy (non-hydrogen) atoms. The average molecular weight is 332 g/mol. The third-order valence-corrected chi connectivity index (χ3v) is 3.47. The second-order valence-electron chi connectivity index (χ2n) is 5.05. The Bertz CT molecular complexity index is 825. The molecule has 2 heterocycles. The van der Waals surface area contributed by atoms with Gasteiger partial charge in [0.15, 0.2) is 5.82 Å². The lowest BCUT2D eigenvalue weighted by Gasteiger charge is -2.15. The summed E-state index contributed by atoms with van der Waals surface area (Å²) in [6.45, 7) is 1.69.